The van der Waals surface area contributed by atoms with Crippen LogP contribution in [0.1, 0.15) is 37.0 Å². The zero-order valence-electron chi connectivity index (χ0n) is 10.4. The first kappa shape index (κ1) is 15.6. The van der Waals surface area contributed by atoms with Crippen LogP contribution in [0.3, 0.4) is 0 Å². The topological polar surface area (TPSA) is 29.1 Å². The van der Waals surface area contributed by atoms with E-state index in [-0.39, 0.29) is 11.4 Å². The third-order valence-corrected chi connectivity index (χ3v) is 3.75. The Morgan fingerprint density at radius 1 is 1.39 bits per heavy atom. The van der Waals surface area contributed by atoms with Crippen LogP contribution in [0.2, 0.25) is 10.0 Å². The molecule has 1 aromatic rings. The number of nitrogens with one attached hydrogen (secondary N) is 1. The molecule has 0 heterocycles. The molecule has 1 rings (SSSR count). The van der Waals surface area contributed by atoms with Gasteiger partial charge >= 0.3 is 0 Å². The normalized spacial score (nSPS) is 14.1. The van der Waals surface area contributed by atoms with Gasteiger partial charge in [-0.15, -0.1) is 11.6 Å². The van der Waals surface area contributed by atoms with Crippen LogP contribution in [0.4, 0.5) is 0 Å². The van der Waals surface area contributed by atoms with Crippen LogP contribution in [-0.4, -0.2) is 17.3 Å². The molecule has 0 fully saturated rings. The molecule has 0 aliphatic rings. The Kier molecular flexibility index (Phi) is 5.77. The fourth-order valence-electron chi connectivity index (χ4n) is 1.55. The molecule has 0 radical (unpaired) electrons. The standard InChI is InChI=1S/C13H16Cl3NO/c1-3-13(2,6-7-14)17-12(18)10-5-4-9(15)8-11(10)16/h4-5,8H,3,6-7H2,1-2H3,(H,17,18). The van der Waals surface area contributed by atoms with Crippen molar-refractivity contribution in [2.24, 2.45) is 0 Å². The van der Waals surface area contributed by atoms with Gasteiger partial charge in [-0.3, -0.25) is 4.79 Å². The summed E-state index contributed by atoms with van der Waals surface area (Å²) in [6.07, 6.45) is 1.51. The Balaban J connectivity index is 2.87. The molecule has 18 heavy (non-hydrogen) atoms. The van der Waals surface area contributed by atoms with E-state index in [1.165, 1.54) is 0 Å². The molecule has 0 saturated carbocycles. The number of halogens is 3. The highest BCUT2D eigenvalue weighted by Crippen LogP contribution is 2.23. The van der Waals surface area contributed by atoms with Gasteiger partial charge in [0.15, 0.2) is 0 Å². The molecule has 0 aromatic heterocycles. The lowest BCUT2D eigenvalue weighted by molar-refractivity contribution is 0.0901. The average Bonchev–Trinajstić information content (AvgIpc) is 2.28. The van der Waals surface area contributed by atoms with Gasteiger partial charge in [-0.2, -0.15) is 0 Å². The van der Waals surface area contributed by atoms with Crippen LogP contribution in [-0.2, 0) is 0 Å². The summed E-state index contributed by atoms with van der Waals surface area (Å²) in [5.41, 5.74) is 0.109. The zero-order chi connectivity index (χ0) is 13.8. The SMILES string of the molecule is CCC(C)(CCCl)NC(=O)c1ccc(Cl)cc1Cl. The first-order chi connectivity index (χ1) is 8.41. The second kappa shape index (κ2) is 6.65. The number of amides is 1. The van der Waals surface area contributed by atoms with Gasteiger partial charge in [-0.05, 0) is 38.0 Å². The van der Waals surface area contributed by atoms with Gasteiger partial charge in [0.1, 0.15) is 0 Å². The van der Waals surface area contributed by atoms with Crippen LogP contribution in [0.15, 0.2) is 18.2 Å². The number of benzene rings is 1. The number of hydrogen-bond donors (Lipinski definition) is 1. The highest BCUT2D eigenvalue weighted by atomic mass is 35.5. The molecule has 2 nitrogen and oxygen atoms in total. The van der Waals surface area contributed by atoms with Crippen LogP contribution >= 0.6 is 34.8 Å². The molecule has 0 spiro atoms. The van der Waals surface area contributed by atoms with Crippen LogP contribution in [0.5, 0.6) is 0 Å². The van der Waals surface area contributed by atoms with Crippen LogP contribution in [0, 0.1) is 0 Å². The van der Waals surface area contributed by atoms with E-state index >= 15 is 0 Å². The summed E-state index contributed by atoms with van der Waals surface area (Å²) >= 11 is 17.6. The van der Waals surface area contributed by atoms with Crippen molar-refractivity contribution in [2.45, 2.75) is 32.2 Å². The second-order valence-electron chi connectivity index (χ2n) is 4.43. The van der Waals surface area contributed by atoms with Crippen molar-refractivity contribution < 1.29 is 4.79 Å². The number of rotatable bonds is 5. The van der Waals surface area contributed by atoms with Gasteiger partial charge < -0.3 is 5.32 Å². The molecule has 0 aliphatic carbocycles. The van der Waals surface area contributed by atoms with Gasteiger partial charge in [0, 0.05) is 16.4 Å². The Hall–Kier alpha value is -0.440. The molecule has 1 aromatic carbocycles. The van der Waals surface area contributed by atoms with Gasteiger partial charge in [0.2, 0.25) is 0 Å². The second-order valence-corrected chi connectivity index (χ2v) is 5.65. The van der Waals surface area contributed by atoms with Crippen molar-refractivity contribution in [3.8, 4) is 0 Å². The summed E-state index contributed by atoms with van der Waals surface area (Å²) in [6.45, 7) is 3.98. The monoisotopic (exact) mass is 307 g/mol. The third kappa shape index (κ3) is 4.04. The summed E-state index contributed by atoms with van der Waals surface area (Å²) in [5, 5.41) is 3.83. The quantitative estimate of drug-likeness (QED) is 0.796. The minimum atomic E-state index is -0.318. The maximum absolute atomic E-state index is 12.1. The van der Waals surface area contributed by atoms with Gasteiger partial charge in [0.25, 0.3) is 5.91 Å². The molecule has 0 bridgehead atoms. The predicted molar refractivity (Wildman–Crippen MR) is 78.0 cm³/mol. The van der Waals surface area contributed by atoms with Crippen molar-refractivity contribution >= 4 is 40.7 Å². The van der Waals surface area contributed by atoms with E-state index in [4.69, 9.17) is 34.8 Å². The average molecular weight is 309 g/mol. The van der Waals surface area contributed by atoms with Gasteiger partial charge in [-0.1, -0.05) is 30.1 Å². The summed E-state index contributed by atoms with van der Waals surface area (Å²) in [5.74, 6) is 0.296. The molecule has 1 unspecified atom stereocenters. The maximum Gasteiger partial charge on any atom is 0.253 e. The minimum absolute atomic E-state index is 0.203. The van der Waals surface area contributed by atoms with Gasteiger partial charge in [-0.25, -0.2) is 0 Å². The smallest absolute Gasteiger partial charge is 0.253 e. The molecule has 0 aliphatic heterocycles. The molecule has 1 N–H and O–H groups in total. The van der Waals surface area contributed by atoms with E-state index in [2.05, 4.69) is 5.32 Å². The third-order valence-electron chi connectivity index (χ3n) is 3.02. The Labute approximate surface area is 123 Å². The van der Waals surface area contributed by atoms with Crippen molar-refractivity contribution in [1.29, 1.82) is 0 Å². The number of hydrogen-bond acceptors (Lipinski definition) is 1. The Morgan fingerprint density at radius 2 is 2.06 bits per heavy atom. The van der Waals surface area contributed by atoms with Crippen molar-refractivity contribution in [3.63, 3.8) is 0 Å². The highest BCUT2D eigenvalue weighted by Gasteiger charge is 2.25. The fourth-order valence-corrected chi connectivity index (χ4v) is 2.46. The molecular formula is C13H16Cl3NO. The largest absolute Gasteiger partial charge is 0.347 e. The van der Waals surface area contributed by atoms with Crippen molar-refractivity contribution in [1.82, 2.24) is 5.32 Å². The Morgan fingerprint density at radius 3 is 2.56 bits per heavy atom. The van der Waals surface area contributed by atoms with E-state index in [1.54, 1.807) is 18.2 Å². The molecular weight excluding hydrogens is 293 g/mol. The molecule has 1 atom stereocenters. The van der Waals surface area contributed by atoms with Crippen LogP contribution < -0.4 is 5.32 Å². The fraction of sp³-hybridized carbons (Fsp3) is 0.462. The number of carbonyl (C=O) groups is 1. The first-order valence-electron chi connectivity index (χ1n) is 5.75. The minimum Gasteiger partial charge on any atom is -0.347 e. The maximum atomic E-state index is 12.1. The van der Waals surface area contributed by atoms with E-state index in [9.17, 15) is 4.79 Å². The van der Waals surface area contributed by atoms with E-state index in [0.29, 0.717) is 27.9 Å². The Bertz CT molecular complexity index is 436. The predicted octanol–water partition coefficient (Wildman–Crippen LogP) is 4.52. The summed E-state index contributed by atoms with van der Waals surface area (Å²) in [4.78, 5) is 12.1. The zero-order valence-corrected chi connectivity index (χ0v) is 12.7. The van der Waals surface area contributed by atoms with E-state index < -0.39 is 0 Å². The van der Waals surface area contributed by atoms with Crippen molar-refractivity contribution in [3.05, 3.63) is 33.8 Å². The molecule has 1 amide bonds. The highest BCUT2D eigenvalue weighted by molar-refractivity contribution is 6.36. The lowest BCUT2D eigenvalue weighted by Crippen LogP contribution is -2.45. The summed E-state index contributed by atoms with van der Waals surface area (Å²) in [7, 11) is 0. The van der Waals surface area contributed by atoms with Crippen LogP contribution in [0.25, 0.3) is 0 Å². The summed E-state index contributed by atoms with van der Waals surface area (Å²) in [6, 6.07) is 4.83. The summed E-state index contributed by atoms with van der Waals surface area (Å²) < 4.78 is 0. The molecule has 5 heteroatoms. The van der Waals surface area contributed by atoms with E-state index in [0.717, 1.165) is 6.42 Å². The number of carbonyl (C=O) groups excluding carboxylic acids is 1. The van der Waals surface area contributed by atoms with Gasteiger partial charge in [0.05, 0.1) is 10.6 Å². The lowest BCUT2D eigenvalue weighted by atomic mass is 9.95. The molecule has 100 valence electrons. The molecule has 0 saturated heterocycles. The lowest BCUT2D eigenvalue weighted by Gasteiger charge is -2.29. The van der Waals surface area contributed by atoms with E-state index in [1.807, 2.05) is 13.8 Å². The number of alkyl halides is 1. The van der Waals surface area contributed by atoms with Crippen molar-refractivity contribution in [2.75, 3.05) is 5.88 Å². The first-order valence-corrected chi connectivity index (χ1v) is 7.04.